The molecule has 10 heteroatoms. The first-order chi connectivity index (χ1) is 12.5. The van der Waals surface area contributed by atoms with Crippen LogP contribution in [0.2, 0.25) is 0 Å². The minimum Gasteiger partial charge on any atom is -0.325 e. The molecular formula is C16H19N5O2S3. The number of thioether (sulfide) groups is 2. The Morgan fingerprint density at radius 3 is 2.85 bits per heavy atom. The second-order valence-corrected chi connectivity index (χ2v) is 9.53. The number of aromatic amines is 2. The van der Waals surface area contributed by atoms with Gasteiger partial charge in [-0.3, -0.25) is 4.79 Å². The normalized spacial score (nSPS) is 12.4. The quantitative estimate of drug-likeness (QED) is 0.387. The van der Waals surface area contributed by atoms with E-state index in [1.807, 2.05) is 6.92 Å². The summed E-state index contributed by atoms with van der Waals surface area (Å²) in [7, 11) is 0. The van der Waals surface area contributed by atoms with E-state index in [-0.39, 0.29) is 16.8 Å². The van der Waals surface area contributed by atoms with Crippen LogP contribution in [0, 0.1) is 0 Å². The smallest absolute Gasteiger partial charge is 0.323 e. The van der Waals surface area contributed by atoms with Crippen LogP contribution in [0.4, 0.5) is 5.69 Å². The summed E-state index contributed by atoms with van der Waals surface area (Å²) in [6, 6.07) is 5.25. The average Bonchev–Trinajstić information content (AvgIpc) is 3.20. The van der Waals surface area contributed by atoms with E-state index in [1.165, 1.54) is 23.1 Å². The first kappa shape index (κ1) is 19.0. The van der Waals surface area contributed by atoms with Gasteiger partial charge in [-0.05, 0) is 31.5 Å². The van der Waals surface area contributed by atoms with Crippen LogP contribution in [0.1, 0.15) is 26.7 Å². The predicted molar refractivity (Wildman–Crippen MR) is 108 cm³/mol. The molecule has 2 aromatic heterocycles. The molecule has 2 heterocycles. The maximum Gasteiger partial charge on any atom is 0.323 e. The lowest BCUT2D eigenvalue weighted by molar-refractivity contribution is -0.115. The molecular weight excluding hydrogens is 390 g/mol. The van der Waals surface area contributed by atoms with Crippen molar-refractivity contribution in [2.75, 3.05) is 11.1 Å². The number of anilines is 1. The molecule has 0 bridgehead atoms. The molecule has 1 unspecified atom stereocenters. The fraction of sp³-hybridized carbons (Fsp3) is 0.375. The zero-order valence-electron chi connectivity index (χ0n) is 14.4. The Hall–Kier alpha value is -1.78. The molecule has 26 heavy (non-hydrogen) atoms. The Balaban J connectivity index is 1.57. The highest BCUT2D eigenvalue weighted by Gasteiger charge is 2.17. The first-order valence-corrected chi connectivity index (χ1v) is 10.9. The van der Waals surface area contributed by atoms with Crippen molar-refractivity contribution in [1.82, 2.24) is 20.2 Å². The molecule has 1 aromatic carbocycles. The van der Waals surface area contributed by atoms with E-state index in [0.29, 0.717) is 16.7 Å². The summed E-state index contributed by atoms with van der Waals surface area (Å²) in [4.78, 5) is 29.1. The molecule has 1 atom stereocenters. The summed E-state index contributed by atoms with van der Waals surface area (Å²) in [6.45, 7) is 4.00. The van der Waals surface area contributed by atoms with Crippen LogP contribution in [-0.2, 0) is 4.79 Å². The standard InChI is InChI=1S/C16H19N5O2S3/c1-3-4-7-24-15-20-21-16(26-15)25-9(2)13(22)17-10-5-6-11-12(8-10)19-14(23)18-11/h5-6,8-9H,3-4,7H2,1-2H3,(H,17,22)(H2,18,19,23). The second kappa shape index (κ2) is 8.74. The van der Waals surface area contributed by atoms with Gasteiger partial charge in [0.05, 0.1) is 16.3 Å². The molecule has 0 aliphatic rings. The van der Waals surface area contributed by atoms with Crippen molar-refractivity contribution in [2.24, 2.45) is 0 Å². The number of carbonyl (C=O) groups excluding carboxylic acids is 1. The number of hydrogen-bond acceptors (Lipinski definition) is 7. The molecule has 3 N–H and O–H groups in total. The fourth-order valence-electron chi connectivity index (χ4n) is 2.17. The Kier molecular flexibility index (Phi) is 6.38. The third-order valence-corrected chi connectivity index (χ3v) is 6.87. The predicted octanol–water partition coefficient (Wildman–Crippen LogP) is 3.72. The number of rotatable bonds is 8. The number of nitrogens with one attached hydrogen (secondary N) is 3. The molecule has 3 rings (SSSR count). The first-order valence-electron chi connectivity index (χ1n) is 8.21. The molecule has 0 radical (unpaired) electrons. The van der Waals surface area contributed by atoms with Crippen LogP contribution in [0.5, 0.6) is 0 Å². The van der Waals surface area contributed by atoms with E-state index in [0.717, 1.165) is 27.3 Å². The highest BCUT2D eigenvalue weighted by molar-refractivity contribution is 8.03. The Morgan fingerprint density at radius 1 is 1.27 bits per heavy atom. The van der Waals surface area contributed by atoms with Crippen LogP contribution in [0.15, 0.2) is 31.7 Å². The maximum absolute atomic E-state index is 12.4. The zero-order valence-corrected chi connectivity index (χ0v) is 16.8. The van der Waals surface area contributed by atoms with E-state index in [9.17, 15) is 9.59 Å². The Morgan fingerprint density at radius 2 is 2.04 bits per heavy atom. The van der Waals surface area contributed by atoms with Gasteiger partial charge in [0.25, 0.3) is 0 Å². The van der Waals surface area contributed by atoms with E-state index in [2.05, 4.69) is 32.4 Å². The van der Waals surface area contributed by atoms with Gasteiger partial charge in [-0.2, -0.15) is 0 Å². The topological polar surface area (TPSA) is 104 Å². The van der Waals surface area contributed by atoms with E-state index >= 15 is 0 Å². The lowest BCUT2D eigenvalue weighted by Crippen LogP contribution is -2.22. The van der Waals surface area contributed by atoms with Crippen molar-refractivity contribution in [3.63, 3.8) is 0 Å². The van der Waals surface area contributed by atoms with Crippen LogP contribution >= 0.6 is 34.9 Å². The minimum absolute atomic E-state index is 0.123. The molecule has 0 saturated carbocycles. The molecule has 0 fully saturated rings. The zero-order chi connectivity index (χ0) is 18.5. The van der Waals surface area contributed by atoms with Crippen molar-refractivity contribution in [3.05, 3.63) is 28.7 Å². The number of fused-ring (bicyclic) bond motifs is 1. The van der Waals surface area contributed by atoms with E-state index in [1.54, 1.807) is 30.0 Å². The van der Waals surface area contributed by atoms with Gasteiger partial charge in [0.15, 0.2) is 8.68 Å². The van der Waals surface area contributed by atoms with Crippen LogP contribution < -0.4 is 11.0 Å². The number of hydrogen-bond donors (Lipinski definition) is 3. The van der Waals surface area contributed by atoms with Crippen LogP contribution in [-0.4, -0.2) is 37.1 Å². The minimum atomic E-state index is -0.308. The van der Waals surface area contributed by atoms with E-state index in [4.69, 9.17) is 0 Å². The summed E-state index contributed by atoms with van der Waals surface area (Å²) in [5, 5.41) is 10.9. The Labute approximate surface area is 162 Å². The van der Waals surface area contributed by atoms with Gasteiger partial charge < -0.3 is 15.3 Å². The number of unbranched alkanes of at least 4 members (excludes halogenated alkanes) is 1. The summed E-state index contributed by atoms with van der Waals surface area (Å²) >= 11 is 4.62. The van der Waals surface area contributed by atoms with Gasteiger partial charge in [-0.1, -0.05) is 48.2 Å². The van der Waals surface area contributed by atoms with Crippen molar-refractivity contribution < 1.29 is 4.79 Å². The largest absolute Gasteiger partial charge is 0.325 e. The highest BCUT2D eigenvalue weighted by Crippen LogP contribution is 2.32. The molecule has 138 valence electrons. The third kappa shape index (κ3) is 4.89. The van der Waals surface area contributed by atoms with Crippen LogP contribution in [0.25, 0.3) is 11.0 Å². The lowest BCUT2D eigenvalue weighted by atomic mass is 10.2. The molecule has 7 nitrogen and oxygen atoms in total. The van der Waals surface area contributed by atoms with Gasteiger partial charge >= 0.3 is 5.69 Å². The lowest BCUT2D eigenvalue weighted by Gasteiger charge is -2.10. The monoisotopic (exact) mass is 409 g/mol. The van der Waals surface area contributed by atoms with Crippen molar-refractivity contribution in [2.45, 2.75) is 40.6 Å². The third-order valence-electron chi connectivity index (χ3n) is 3.54. The van der Waals surface area contributed by atoms with Crippen molar-refractivity contribution in [3.8, 4) is 0 Å². The Bertz CT molecular complexity index is 949. The SMILES string of the molecule is CCCCSc1nnc(SC(C)C(=O)Nc2ccc3[nH]c(=O)[nH]c3c2)s1. The summed E-state index contributed by atoms with van der Waals surface area (Å²) in [5.41, 5.74) is 1.73. The number of amides is 1. The number of imidazole rings is 1. The number of carbonyl (C=O) groups is 1. The molecule has 1 amide bonds. The average molecular weight is 410 g/mol. The van der Waals surface area contributed by atoms with Crippen LogP contribution in [0.3, 0.4) is 0 Å². The number of benzene rings is 1. The highest BCUT2D eigenvalue weighted by atomic mass is 32.2. The molecule has 0 aliphatic heterocycles. The van der Waals surface area contributed by atoms with Crippen molar-refractivity contribution in [1.29, 1.82) is 0 Å². The maximum atomic E-state index is 12.4. The second-order valence-electron chi connectivity index (χ2n) is 5.62. The molecule has 0 aliphatic carbocycles. The van der Waals surface area contributed by atoms with Gasteiger partial charge in [0.1, 0.15) is 0 Å². The number of nitrogens with zero attached hydrogens (tertiary/aromatic N) is 2. The number of H-pyrrole nitrogens is 2. The molecule has 0 spiro atoms. The fourth-order valence-corrected chi connectivity index (χ4v) is 5.48. The number of aromatic nitrogens is 4. The molecule has 3 aromatic rings. The molecule has 0 saturated heterocycles. The summed E-state index contributed by atoms with van der Waals surface area (Å²) < 4.78 is 1.73. The van der Waals surface area contributed by atoms with Gasteiger partial charge in [-0.15, -0.1) is 10.2 Å². The summed E-state index contributed by atoms with van der Waals surface area (Å²) in [6.07, 6.45) is 2.31. The van der Waals surface area contributed by atoms with Gasteiger partial charge in [0, 0.05) is 11.4 Å². The van der Waals surface area contributed by atoms with Crippen molar-refractivity contribution >= 4 is 57.5 Å². The van der Waals surface area contributed by atoms with E-state index < -0.39 is 0 Å². The van der Waals surface area contributed by atoms with Gasteiger partial charge in [-0.25, -0.2) is 4.79 Å². The van der Waals surface area contributed by atoms with Gasteiger partial charge in [0.2, 0.25) is 5.91 Å². The summed E-state index contributed by atoms with van der Waals surface area (Å²) in [5.74, 6) is 0.915.